The zero-order valence-corrected chi connectivity index (χ0v) is 19.4. The Morgan fingerprint density at radius 3 is 2.40 bits per heavy atom. The molecule has 0 radical (unpaired) electrons. The van der Waals surface area contributed by atoms with E-state index in [9.17, 15) is 19.1 Å². The van der Waals surface area contributed by atoms with Crippen LogP contribution in [0.1, 0.15) is 36.6 Å². The van der Waals surface area contributed by atoms with E-state index in [0.717, 1.165) is 5.56 Å². The van der Waals surface area contributed by atoms with Crippen LogP contribution in [0.2, 0.25) is 0 Å². The standard InChI is InChI=1S/C27H25FN2O5/c1-3-34-21-12-9-19(14-22(21)35-4-2)24-23(25(31)18-7-10-20(28)11-8-18)26(32)27(33)30(24)16-17-6-5-13-29-15-17/h5-15,24,31H,3-4,16H2,1-2H3. The van der Waals surface area contributed by atoms with Gasteiger partial charge in [-0.15, -0.1) is 0 Å². The summed E-state index contributed by atoms with van der Waals surface area (Å²) in [5, 5.41) is 11.1. The number of carbonyl (C=O) groups excluding carboxylic acids is 2. The summed E-state index contributed by atoms with van der Waals surface area (Å²) < 4.78 is 24.9. The lowest BCUT2D eigenvalue weighted by atomic mass is 9.95. The third kappa shape index (κ3) is 4.87. The summed E-state index contributed by atoms with van der Waals surface area (Å²) in [6, 6.07) is 12.9. The van der Waals surface area contributed by atoms with Crippen molar-refractivity contribution in [1.82, 2.24) is 9.88 Å². The maximum Gasteiger partial charge on any atom is 0.295 e. The lowest BCUT2D eigenvalue weighted by molar-refractivity contribution is -0.140. The van der Waals surface area contributed by atoms with E-state index in [1.165, 1.54) is 29.2 Å². The van der Waals surface area contributed by atoms with E-state index in [4.69, 9.17) is 9.47 Å². The molecule has 2 aromatic carbocycles. The van der Waals surface area contributed by atoms with Gasteiger partial charge in [-0.1, -0.05) is 12.1 Å². The van der Waals surface area contributed by atoms with Crippen LogP contribution in [-0.4, -0.2) is 39.9 Å². The minimum atomic E-state index is -0.907. The van der Waals surface area contributed by atoms with Crippen LogP contribution in [0.4, 0.5) is 4.39 Å². The number of benzene rings is 2. The largest absolute Gasteiger partial charge is 0.507 e. The highest BCUT2D eigenvalue weighted by atomic mass is 19.1. The van der Waals surface area contributed by atoms with Crippen LogP contribution in [0.25, 0.3) is 5.76 Å². The maximum absolute atomic E-state index is 13.5. The predicted molar refractivity (Wildman–Crippen MR) is 127 cm³/mol. The number of aromatic nitrogens is 1. The van der Waals surface area contributed by atoms with E-state index in [0.29, 0.717) is 30.3 Å². The number of aliphatic hydroxyl groups is 1. The number of halogens is 1. The van der Waals surface area contributed by atoms with Crippen LogP contribution in [-0.2, 0) is 16.1 Å². The van der Waals surface area contributed by atoms with E-state index < -0.39 is 23.5 Å². The molecule has 2 heterocycles. The summed E-state index contributed by atoms with van der Waals surface area (Å²) in [4.78, 5) is 31.8. The van der Waals surface area contributed by atoms with Crippen molar-refractivity contribution in [3.63, 3.8) is 0 Å². The fraction of sp³-hybridized carbons (Fsp3) is 0.222. The molecule has 1 unspecified atom stereocenters. The molecule has 35 heavy (non-hydrogen) atoms. The van der Waals surface area contributed by atoms with Gasteiger partial charge in [-0.3, -0.25) is 14.6 Å². The molecule has 0 bridgehead atoms. The Balaban J connectivity index is 1.88. The number of amides is 1. The average molecular weight is 477 g/mol. The molecule has 1 aliphatic heterocycles. The molecular weight excluding hydrogens is 451 g/mol. The zero-order valence-electron chi connectivity index (χ0n) is 19.4. The molecule has 1 atom stereocenters. The lowest BCUT2D eigenvalue weighted by Gasteiger charge is -2.26. The minimum Gasteiger partial charge on any atom is -0.507 e. The molecule has 8 heteroatoms. The molecule has 1 aliphatic rings. The summed E-state index contributed by atoms with van der Waals surface area (Å²) in [6.07, 6.45) is 3.23. The van der Waals surface area contributed by atoms with Crippen molar-refractivity contribution in [3.05, 3.63) is 95.1 Å². The monoisotopic (exact) mass is 476 g/mol. The number of carbonyl (C=O) groups is 2. The van der Waals surface area contributed by atoms with Gasteiger partial charge in [0.15, 0.2) is 11.5 Å². The summed E-state index contributed by atoms with van der Waals surface area (Å²) >= 11 is 0. The molecule has 3 aromatic rings. The number of rotatable bonds is 8. The van der Waals surface area contributed by atoms with Crippen molar-refractivity contribution in [3.8, 4) is 11.5 Å². The van der Waals surface area contributed by atoms with Gasteiger partial charge in [0.05, 0.1) is 24.8 Å². The van der Waals surface area contributed by atoms with Crippen molar-refractivity contribution >= 4 is 17.4 Å². The normalized spacial score (nSPS) is 17.0. The van der Waals surface area contributed by atoms with Crippen molar-refractivity contribution in [2.45, 2.75) is 26.4 Å². The quantitative estimate of drug-likeness (QED) is 0.290. The number of likely N-dealkylation sites (tertiary alicyclic amines) is 1. The van der Waals surface area contributed by atoms with Crippen molar-refractivity contribution in [2.75, 3.05) is 13.2 Å². The van der Waals surface area contributed by atoms with E-state index in [1.54, 1.807) is 42.7 Å². The number of ketones is 1. The van der Waals surface area contributed by atoms with E-state index in [1.807, 2.05) is 13.8 Å². The van der Waals surface area contributed by atoms with Gasteiger partial charge in [0.2, 0.25) is 0 Å². The van der Waals surface area contributed by atoms with Gasteiger partial charge in [0.1, 0.15) is 11.6 Å². The molecule has 1 aromatic heterocycles. The Morgan fingerprint density at radius 1 is 1.03 bits per heavy atom. The number of pyridine rings is 1. The Morgan fingerprint density at radius 2 is 1.74 bits per heavy atom. The predicted octanol–water partition coefficient (Wildman–Crippen LogP) is 4.64. The summed E-state index contributed by atoms with van der Waals surface area (Å²) in [5.41, 5.74) is 1.42. The molecule has 0 aliphatic carbocycles. The summed E-state index contributed by atoms with van der Waals surface area (Å²) in [5.74, 6) is -1.46. The van der Waals surface area contributed by atoms with Crippen LogP contribution < -0.4 is 9.47 Å². The SMILES string of the molecule is CCOc1ccc(C2C(=C(O)c3ccc(F)cc3)C(=O)C(=O)N2Cc2cccnc2)cc1OCC. The Bertz CT molecular complexity index is 1260. The van der Waals surface area contributed by atoms with Gasteiger partial charge in [0, 0.05) is 24.5 Å². The number of aliphatic hydroxyl groups excluding tert-OH is 1. The van der Waals surface area contributed by atoms with Crippen molar-refractivity contribution in [2.24, 2.45) is 0 Å². The first-order valence-electron chi connectivity index (χ1n) is 11.3. The molecule has 1 N–H and O–H groups in total. The molecule has 0 spiro atoms. The number of hydrogen-bond acceptors (Lipinski definition) is 6. The second-order valence-corrected chi connectivity index (χ2v) is 7.87. The van der Waals surface area contributed by atoms with Gasteiger partial charge >= 0.3 is 0 Å². The molecule has 7 nitrogen and oxygen atoms in total. The Labute approximate surface area is 202 Å². The molecule has 180 valence electrons. The second-order valence-electron chi connectivity index (χ2n) is 7.87. The first-order chi connectivity index (χ1) is 16.9. The van der Waals surface area contributed by atoms with Crippen LogP contribution >= 0.6 is 0 Å². The Kier molecular flexibility index (Phi) is 7.10. The topological polar surface area (TPSA) is 89.0 Å². The van der Waals surface area contributed by atoms with Gasteiger partial charge in [0.25, 0.3) is 11.7 Å². The number of hydrogen-bond donors (Lipinski definition) is 1. The number of ether oxygens (including phenoxy) is 2. The van der Waals surface area contributed by atoms with Gasteiger partial charge in [-0.05, 0) is 67.4 Å². The van der Waals surface area contributed by atoms with Crippen molar-refractivity contribution < 1.29 is 28.6 Å². The highest BCUT2D eigenvalue weighted by molar-refractivity contribution is 6.46. The van der Waals surface area contributed by atoms with Gasteiger partial charge in [-0.2, -0.15) is 0 Å². The van der Waals surface area contributed by atoms with E-state index >= 15 is 0 Å². The van der Waals surface area contributed by atoms with Gasteiger partial charge < -0.3 is 19.5 Å². The fourth-order valence-corrected chi connectivity index (χ4v) is 4.08. The molecule has 1 amide bonds. The first-order valence-corrected chi connectivity index (χ1v) is 11.3. The van der Waals surface area contributed by atoms with Crippen LogP contribution in [0.5, 0.6) is 11.5 Å². The highest BCUT2D eigenvalue weighted by Crippen LogP contribution is 2.42. The summed E-state index contributed by atoms with van der Waals surface area (Å²) in [6.45, 7) is 4.61. The Hall–Kier alpha value is -4.20. The average Bonchev–Trinajstić information content (AvgIpc) is 3.11. The second kappa shape index (κ2) is 10.4. The lowest BCUT2D eigenvalue weighted by Crippen LogP contribution is -2.29. The van der Waals surface area contributed by atoms with E-state index in [-0.39, 0.29) is 23.4 Å². The third-order valence-corrected chi connectivity index (χ3v) is 5.62. The van der Waals surface area contributed by atoms with Crippen LogP contribution in [0.15, 0.2) is 72.6 Å². The minimum absolute atomic E-state index is 0.0860. The number of nitrogens with zero attached hydrogens (tertiary/aromatic N) is 2. The smallest absolute Gasteiger partial charge is 0.295 e. The molecule has 1 fully saturated rings. The summed E-state index contributed by atoms with van der Waals surface area (Å²) in [7, 11) is 0. The van der Waals surface area contributed by atoms with Gasteiger partial charge in [-0.25, -0.2) is 4.39 Å². The molecule has 4 rings (SSSR count). The molecular formula is C27H25FN2O5. The molecule has 0 saturated carbocycles. The molecule has 1 saturated heterocycles. The van der Waals surface area contributed by atoms with Crippen molar-refractivity contribution in [1.29, 1.82) is 0 Å². The number of Topliss-reactive ketones (excluding diaryl/α,β-unsaturated/α-hetero) is 1. The van der Waals surface area contributed by atoms with Crippen LogP contribution in [0.3, 0.4) is 0 Å². The maximum atomic E-state index is 13.5. The van der Waals surface area contributed by atoms with E-state index in [2.05, 4.69) is 4.98 Å². The fourth-order valence-electron chi connectivity index (χ4n) is 4.08. The zero-order chi connectivity index (χ0) is 24.9. The van der Waals surface area contributed by atoms with Crippen LogP contribution in [0, 0.1) is 5.82 Å². The first kappa shape index (κ1) is 23.9. The third-order valence-electron chi connectivity index (χ3n) is 5.62. The highest BCUT2D eigenvalue weighted by Gasteiger charge is 2.46.